The van der Waals surface area contributed by atoms with Crippen molar-refractivity contribution in [3.05, 3.63) is 11.6 Å². The maximum Gasteiger partial charge on any atom is 0.143 e. The van der Waals surface area contributed by atoms with E-state index in [-0.39, 0.29) is 0 Å². The molecule has 4 heteroatoms. The van der Waals surface area contributed by atoms with E-state index in [0.717, 1.165) is 30.0 Å². The molecule has 114 valence electrons. The quantitative estimate of drug-likeness (QED) is 0.729. The Morgan fingerprint density at radius 1 is 1.15 bits per heavy atom. The molecule has 0 N–H and O–H groups in total. The molecule has 0 bridgehead atoms. The summed E-state index contributed by atoms with van der Waals surface area (Å²) >= 11 is 3.53. The maximum absolute atomic E-state index is 4.50. The molecule has 0 atom stereocenters. The second-order valence-electron chi connectivity index (χ2n) is 7.17. The molecule has 1 fully saturated rings. The molecule has 2 rings (SSSR count). The van der Waals surface area contributed by atoms with Crippen LogP contribution in [0.25, 0.3) is 0 Å². The molecule has 3 nitrogen and oxygen atoms in total. The zero-order valence-corrected chi connectivity index (χ0v) is 14.9. The van der Waals surface area contributed by atoms with Gasteiger partial charge in [0.2, 0.25) is 0 Å². The standard InChI is InChI=1S/C16H28BrN3/c1-5-10-20-14(11-17)18-19-15(20)12-6-8-13(9-7-12)16(2,3)4/h12-13H,5-11H2,1-4H3. The number of aromatic nitrogens is 3. The van der Waals surface area contributed by atoms with Crippen molar-refractivity contribution in [1.29, 1.82) is 0 Å². The van der Waals surface area contributed by atoms with Crippen LogP contribution in [-0.4, -0.2) is 14.8 Å². The Morgan fingerprint density at radius 2 is 1.80 bits per heavy atom. The van der Waals surface area contributed by atoms with Crippen molar-refractivity contribution >= 4 is 15.9 Å². The zero-order chi connectivity index (χ0) is 14.8. The van der Waals surface area contributed by atoms with Gasteiger partial charge in [0, 0.05) is 12.5 Å². The van der Waals surface area contributed by atoms with Crippen molar-refractivity contribution in [1.82, 2.24) is 14.8 Å². The fourth-order valence-corrected chi connectivity index (χ4v) is 3.85. The first kappa shape index (κ1) is 16.0. The summed E-state index contributed by atoms with van der Waals surface area (Å²) in [5.74, 6) is 3.78. The molecule has 1 aliphatic rings. The van der Waals surface area contributed by atoms with E-state index in [2.05, 4.69) is 58.4 Å². The molecule has 1 aliphatic carbocycles. The summed E-state index contributed by atoms with van der Waals surface area (Å²) in [4.78, 5) is 0. The van der Waals surface area contributed by atoms with Gasteiger partial charge in [-0.1, -0.05) is 43.6 Å². The van der Waals surface area contributed by atoms with E-state index in [0.29, 0.717) is 11.3 Å². The van der Waals surface area contributed by atoms with E-state index in [1.165, 1.54) is 31.5 Å². The second kappa shape index (κ2) is 6.59. The Balaban J connectivity index is 2.09. The first-order chi connectivity index (χ1) is 9.47. The Hall–Kier alpha value is -0.380. The average molecular weight is 342 g/mol. The molecule has 1 heterocycles. The van der Waals surface area contributed by atoms with Gasteiger partial charge in [-0.25, -0.2) is 0 Å². The van der Waals surface area contributed by atoms with Crippen LogP contribution >= 0.6 is 15.9 Å². The summed E-state index contributed by atoms with van der Waals surface area (Å²) < 4.78 is 2.34. The molecule has 1 aromatic heterocycles. The van der Waals surface area contributed by atoms with Crippen LogP contribution in [0.5, 0.6) is 0 Å². The lowest BCUT2D eigenvalue weighted by Crippen LogP contribution is -2.26. The van der Waals surface area contributed by atoms with Crippen LogP contribution in [0.1, 0.15) is 77.4 Å². The number of alkyl halides is 1. The van der Waals surface area contributed by atoms with E-state index in [4.69, 9.17) is 0 Å². The van der Waals surface area contributed by atoms with E-state index in [1.54, 1.807) is 0 Å². The highest BCUT2D eigenvalue weighted by atomic mass is 79.9. The number of hydrogen-bond donors (Lipinski definition) is 0. The van der Waals surface area contributed by atoms with E-state index in [9.17, 15) is 0 Å². The van der Waals surface area contributed by atoms with Crippen molar-refractivity contribution < 1.29 is 0 Å². The molecule has 0 amide bonds. The van der Waals surface area contributed by atoms with Gasteiger partial charge in [-0.15, -0.1) is 10.2 Å². The summed E-state index contributed by atoms with van der Waals surface area (Å²) in [6.45, 7) is 10.4. The molecule has 20 heavy (non-hydrogen) atoms. The SMILES string of the molecule is CCCn1c(CBr)nnc1C1CCC(C(C)(C)C)CC1. The highest BCUT2D eigenvalue weighted by Gasteiger charge is 2.32. The third-order valence-corrected chi connectivity index (χ3v) is 5.24. The largest absolute Gasteiger partial charge is 0.314 e. The average Bonchev–Trinajstić information content (AvgIpc) is 2.81. The van der Waals surface area contributed by atoms with Crippen molar-refractivity contribution in [2.24, 2.45) is 11.3 Å². The van der Waals surface area contributed by atoms with Gasteiger partial charge in [0.15, 0.2) is 0 Å². The fraction of sp³-hybridized carbons (Fsp3) is 0.875. The fourth-order valence-electron chi connectivity index (χ4n) is 3.43. The molecule has 0 spiro atoms. The summed E-state index contributed by atoms with van der Waals surface area (Å²) in [5.41, 5.74) is 0.448. The van der Waals surface area contributed by atoms with Crippen LogP contribution < -0.4 is 0 Å². The Bertz CT molecular complexity index is 425. The molecule has 1 aromatic rings. The third-order valence-electron chi connectivity index (χ3n) is 4.74. The lowest BCUT2D eigenvalue weighted by atomic mass is 9.69. The van der Waals surface area contributed by atoms with E-state index in [1.807, 2.05) is 0 Å². The summed E-state index contributed by atoms with van der Waals surface area (Å²) in [6, 6.07) is 0. The number of halogens is 1. The van der Waals surface area contributed by atoms with Gasteiger partial charge >= 0.3 is 0 Å². The van der Waals surface area contributed by atoms with Gasteiger partial charge in [0.25, 0.3) is 0 Å². The highest BCUT2D eigenvalue weighted by molar-refractivity contribution is 9.08. The van der Waals surface area contributed by atoms with Gasteiger partial charge < -0.3 is 4.57 Å². The van der Waals surface area contributed by atoms with E-state index >= 15 is 0 Å². The Morgan fingerprint density at radius 3 is 2.30 bits per heavy atom. The minimum Gasteiger partial charge on any atom is -0.314 e. The Kier molecular flexibility index (Phi) is 5.27. The summed E-state index contributed by atoms with van der Waals surface area (Å²) in [6.07, 6.45) is 6.34. The lowest BCUT2D eigenvalue weighted by Gasteiger charge is -2.36. The first-order valence-corrected chi connectivity index (χ1v) is 9.07. The van der Waals surface area contributed by atoms with Crippen molar-refractivity contribution in [3.8, 4) is 0 Å². The van der Waals surface area contributed by atoms with Crippen LogP contribution in [0.3, 0.4) is 0 Å². The summed E-state index contributed by atoms with van der Waals surface area (Å²) in [5, 5.41) is 9.66. The normalized spacial score (nSPS) is 24.1. The van der Waals surface area contributed by atoms with Gasteiger partial charge in [-0.3, -0.25) is 0 Å². The molecule has 0 radical (unpaired) electrons. The number of rotatable bonds is 4. The molecular formula is C16H28BrN3. The smallest absolute Gasteiger partial charge is 0.143 e. The predicted molar refractivity (Wildman–Crippen MR) is 87.1 cm³/mol. The van der Waals surface area contributed by atoms with Crippen molar-refractivity contribution in [2.75, 3.05) is 0 Å². The topological polar surface area (TPSA) is 30.7 Å². The molecule has 0 saturated heterocycles. The van der Waals surface area contributed by atoms with Crippen LogP contribution in [0, 0.1) is 11.3 Å². The zero-order valence-electron chi connectivity index (χ0n) is 13.3. The van der Waals surface area contributed by atoms with Gasteiger partial charge in [-0.05, 0) is 43.4 Å². The number of hydrogen-bond acceptors (Lipinski definition) is 2. The Labute approximate surface area is 131 Å². The third kappa shape index (κ3) is 3.44. The second-order valence-corrected chi connectivity index (χ2v) is 7.74. The van der Waals surface area contributed by atoms with Crippen molar-refractivity contribution in [3.63, 3.8) is 0 Å². The molecule has 0 aliphatic heterocycles. The maximum atomic E-state index is 4.50. The molecule has 0 unspecified atom stereocenters. The predicted octanol–water partition coefficient (Wildman–Crippen LogP) is 4.90. The van der Waals surface area contributed by atoms with Crippen molar-refractivity contribution in [2.45, 2.75) is 77.6 Å². The molecule has 1 saturated carbocycles. The first-order valence-electron chi connectivity index (χ1n) is 7.95. The lowest BCUT2D eigenvalue weighted by molar-refractivity contribution is 0.166. The molecule has 0 aromatic carbocycles. The summed E-state index contributed by atoms with van der Waals surface area (Å²) in [7, 11) is 0. The number of nitrogens with zero attached hydrogens (tertiary/aromatic N) is 3. The van der Waals surface area contributed by atoms with Crippen LogP contribution in [0.15, 0.2) is 0 Å². The minimum absolute atomic E-state index is 0.448. The van der Waals surface area contributed by atoms with E-state index < -0.39 is 0 Å². The van der Waals surface area contributed by atoms with Crippen LogP contribution in [0.4, 0.5) is 0 Å². The van der Waals surface area contributed by atoms with Gasteiger partial charge in [0.1, 0.15) is 11.6 Å². The van der Waals surface area contributed by atoms with Crippen LogP contribution in [-0.2, 0) is 11.9 Å². The van der Waals surface area contributed by atoms with Gasteiger partial charge in [-0.2, -0.15) is 0 Å². The van der Waals surface area contributed by atoms with Crippen LogP contribution in [0.2, 0.25) is 0 Å². The van der Waals surface area contributed by atoms with Gasteiger partial charge in [0.05, 0.1) is 5.33 Å². The monoisotopic (exact) mass is 341 g/mol. The highest BCUT2D eigenvalue weighted by Crippen LogP contribution is 2.42. The minimum atomic E-state index is 0.448. The molecular weight excluding hydrogens is 314 g/mol.